The molecular formula is C17H15NO3. The van der Waals surface area contributed by atoms with Gasteiger partial charge in [-0.25, -0.2) is 4.79 Å². The van der Waals surface area contributed by atoms with Crippen LogP contribution < -0.4 is 5.32 Å². The van der Waals surface area contributed by atoms with Gasteiger partial charge in [-0.1, -0.05) is 60.2 Å². The zero-order valence-corrected chi connectivity index (χ0v) is 11.6. The third kappa shape index (κ3) is 2.65. The van der Waals surface area contributed by atoms with E-state index in [4.69, 9.17) is 4.74 Å². The average molecular weight is 281 g/mol. The number of ether oxygens (including phenoxy) is 1. The van der Waals surface area contributed by atoms with Gasteiger partial charge in [-0.2, -0.15) is 0 Å². The molecule has 0 bridgehead atoms. The van der Waals surface area contributed by atoms with Gasteiger partial charge in [0.1, 0.15) is 6.04 Å². The van der Waals surface area contributed by atoms with Crippen LogP contribution in [0.1, 0.15) is 27.5 Å². The van der Waals surface area contributed by atoms with Crippen molar-refractivity contribution < 1.29 is 14.3 Å². The maximum atomic E-state index is 12.5. The highest BCUT2D eigenvalue weighted by atomic mass is 16.6. The van der Waals surface area contributed by atoms with Crippen molar-refractivity contribution in [2.45, 2.75) is 19.1 Å². The van der Waals surface area contributed by atoms with Crippen molar-refractivity contribution in [1.29, 1.82) is 0 Å². The molecule has 4 nitrogen and oxygen atoms in total. The molecule has 4 heteroatoms. The second-order valence-corrected chi connectivity index (χ2v) is 5.09. The molecule has 0 radical (unpaired) electrons. The standard InChI is InChI=1S/C17H15NO3/c1-11-7-9-12(10-8-11)14-16(21-17(20)18-14)15(19)13-5-3-2-4-6-13/h2-10,14,16H,1H3,(H,18,20)/t14-,16+/m0/s1. The summed E-state index contributed by atoms with van der Waals surface area (Å²) >= 11 is 0. The molecule has 1 saturated heterocycles. The van der Waals surface area contributed by atoms with Crippen LogP contribution in [0.5, 0.6) is 0 Å². The molecule has 2 aromatic rings. The van der Waals surface area contributed by atoms with Crippen LogP contribution in [-0.4, -0.2) is 18.0 Å². The van der Waals surface area contributed by atoms with Crippen LogP contribution in [0.2, 0.25) is 0 Å². The molecule has 1 amide bonds. The summed E-state index contributed by atoms with van der Waals surface area (Å²) in [6, 6.07) is 16.1. The number of amides is 1. The Hall–Kier alpha value is -2.62. The first-order valence-corrected chi connectivity index (χ1v) is 6.78. The Morgan fingerprint density at radius 1 is 1.05 bits per heavy atom. The number of hydrogen-bond donors (Lipinski definition) is 1. The van der Waals surface area contributed by atoms with Crippen LogP contribution in [0.3, 0.4) is 0 Å². The predicted octanol–water partition coefficient (Wildman–Crippen LogP) is 3.03. The van der Waals surface area contributed by atoms with E-state index in [-0.39, 0.29) is 5.78 Å². The Morgan fingerprint density at radius 3 is 2.38 bits per heavy atom. The highest BCUT2D eigenvalue weighted by Gasteiger charge is 2.40. The lowest BCUT2D eigenvalue weighted by Crippen LogP contribution is -2.29. The number of rotatable bonds is 3. The number of carbonyl (C=O) groups is 2. The van der Waals surface area contributed by atoms with Gasteiger partial charge in [0.05, 0.1) is 0 Å². The van der Waals surface area contributed by atoms with Gasteiger partial charge in [-0.15, -0.1) is 0 Å². The first-order valence-electron chi connectivity index (χ1n) is 6.78. The number of hydrogen-bond acceptors (Lipinski definition) is 3. The second-order valence-electron chi connectivity index (χ2n) is 5.09. The van der Waals surface area contributed by atoms with Crippen LogP contribution >= 0.6 is 0 Å². The molecule has 2 atom stereocenters. The van der Waals surface area contributed by atoms with Gasteiger partial charge in [0.25, 0.3) is 0 Å². The number of cyclic esters (lactones) is 1. The summed E-state index contributed by atoms with van der Waals surface area (Å²) in [6.07, 6.45) is -1.39. The number of nitrogens with one attached hydrogen (secondary N) is 1. The minimum absolute atomic E-state index is 0.195. The average Bonchev–Trinajstić information content (AvgIpc) is 2.90. The molecule has 1 heterocycles. The van der Waals surface area contributed by atoms with E-state index in [1.54, 1.807) is 24.3 Å². The highest BCUT2D eigenvalue weighted by Crippen LogP contribution is 2.27. The SMILES string of the molecule is Cc1ccc([C@@H]2NC(=O)O[C@H]2C(=O)c2ccccc2)cc1. The van der Waals surface area contributed by atoms with E-state index in [1.165, 1.54) is 0 Å². The summed E-state index contributed by atoms with van der Waals surface area (Å²) in [4.78, 5) is 24.1. The lowest BCUT2D eigenvalue weighted by Gasteiger charge is -2.16. The number of alkyl carbamates (subject to hydrolysis) is 1. The van der Waals surface area contributed by atoms with Crippen LogP contribution in [0, 0.1) is 6.92 Å². The van der Waals surface area contributed by atoms with Crippen LogP contribution in [0.4, 0.5) is 4.79 Å². The van der Waals surface area contributed by atoms with E-state index < -0.39 is 18.2 Å². The van der Waals surface area contributed by atoms with Crippen molar-refractivity contribution in [3.63, 3.8) is 0 Å². The van der Waals surface area contributed by atoms with E-state index >= 15 is 0 Å². The molecule has 0 unspecified atom stereocenters. The molecule has 21 heavy (non-hydrogen) atoms. The Bertz CT molecular complexity index is 664. The summed E-state index contributed by atoms with van der Waals surface area (Å²) in [5.74, 6) is -0.195. The first kappa shape index (κ1) is 13.4. The molecule has 0 aliphatic carbocycles. The zero-order chi connectivity index (χ0) is 14.8. The van der Waals surface area contributed by atoms with Gasteiger partial charge >= 0.3 is 6.09 Å². The monoisotopic (exact) mass is 281 g/mol. The third-order valence-electron chi connectivity index (χ3n) is 3.56. The topological polar surface area (TPSA) is 55.4 Å². The fourth-order valence-corrected chi connectivity index (χ4v) is 2.42. The maximum Gasteiger partial charge on any atom is 0.408 e. The Morgan fingerprint density at radius 2 is 1.71 bits per heavy atom. The van der Waals surface area contributed by atoms with Crippen molar-refractivity contribution in [1.82, 2.24) is 5.32 Å². The number of aryl methyl sites for hydroxylation is 1. The van der Waals surface area contributed by atoms with E-state index in [2.05, 4.69) is 5.32 Å². The first-order chi connectivity index (χ1) is 10.1. The lowest BCUT2D eigenvalue weighted by molar-refractivity contribution is 0.0721. The molecule has 0 spiro atoms. The third-order valence-corrected chi connectivity index (χ3v) is 3.56. The summed E-state index contributed by atoms with van der Waals surface area (Å²) in [5, 5.41) is 2.71. The highest BCUT2D eigenvalue weighted by molar-refractivity contribution is 6.02. The molecular weight excluding hydrogens is 266 g/mol. The van der Waals surface area contributed by atoms with Crippen molar-refractivity contribution >= 4 is 11.9 Å². The fraction of sp³-hybridized carbons (Fsp3) is 0.176. The Kier molecular flexibility index (Phi) is 3.44. The normalized spacial score (nSPS) is 20.7. The van der Waals surface area contributed by atoms with Gasteiger partial charge in [0.15, 0.2) is 6.10 Å². The lowest BCUT2D eigenvalue weighted by atomic mass is 9.95. The van der Waals surface area contributed by atoms with Gasteiger partial charge in [0.2, 0.25) is 5.78 Å². The van der Waals surface area contributed by atoms with Gasteiger partial charge in [0, 0.05) is 5.56 Å². The van der Waals surface area contributed by atoms with E-state index in [0.29, 0.717) is 5.56 Å². The minimum atomic E-state index is -0.831. The van der Waals surface area contributed by atoms with Crippen LogP contribution in [0.25, 0.3) is 0 Å². The number of ketones is 1. The summed E-state index contributed by atoms with van der Waals surface area (Å²) in [6.45, 7) is 1.99. The second kappa shape index (κ2) is 5.40. The molecule has 1 fully saturated rings. The number of Topliss-reactive ketones (excluding diaryl/α,β-unsaturated/α-hetero) is 1. The van der Waals surface area contributed by atoms with Gasteiger partial charge < -0.3 is 10.1 Å². The van der Waals surface area contributed by atoms with Crippen LogP contribution in [0.15, 0.2) is 54.6 Å². The zero-order valence-electron chi connectivity index (χ0n) is 11.6. The molecule has 2 aromatic carbocycles. The largest absolute Gasteiger partial charge is 0.435 e. The Labute approximate surface area is 122 Å². The smallest absolute Gasteiger partial charge is 0.408 e. The van der Waals surface area contributed by atoms with Crippen molar-refractivity contribution in [2.24, 2.45) is 0 Å². The quantitative estimate of drug-likeness (QED) is 0.880. The minimum Gasteiger partial charge on any atom is -0.435 e. The van der Waals surface area contributed by atoms with Crippen LogP contribution in [-0.2, 0) is 4.74 Å². The number of benzene rings is 2. The maximum absolute atomic E-state index is 12.5. The summed E-state index contributed by atoms with van der Waals surface area (Å²) in [5.41, 5.74) is 2.52. The molecule has 1 aliphatic rings. The molecule has 1 N–H and O–H groups in total. The Balaban J connectivity index is 1.91. The molecule has 106 valence electrons. The van der Waals surface area contributed by atoms with E-state index in [1.807, 2.05) is 37.3 Å². The molecule has 1 aliphatic heterocycles. The molecule has 3 rings (SSSR count). The predicted molar refractivity (Wildman–Crippen MR) is 78.1 cm³/mol. The van der Waals surface area contributed by atoms with E-state index in [0.717, 1.165) is 11.1 Å². The van der Waals surface area contributed by atoms with E-state index in [9.17, 15) is 9.59 Å². The fourth-order valence-electron chi connectivity index (χ4n) is 2.42. The summed E-state index contributed by atoms with van der Waals surface area (Å²) < 4.78 is 5.18. The van der Waals surface area contributed by atoms with Crippen molar-refractivity contribution in [2.75, 3.05) is 0 Å². The molecule has 0 saturated carbocycles. The van der Waals surface area contributed by atoms with Crippen molar-refractivity contribution in [3.05, 3.63) is 71.3 Å². The molecule has 0 aromatic heterocycles. The van der Waals surface area contributed by atoms with Gasteiger partial charge in [-0.05, 0) is 12.5 Å². The van der Waals surface area contributed by atoms with Crippen molar-refractivity contribution in [3.8, 4) is 0 Å². The van der Waals surface area contributed by atoms with Gasteiger partial charge in [-0.3, -0.25) is 4.79 Å². The number of carbonyl (C=O) groups excluding carboxylic acids is 2. The summed E-state index contributed by atoms with van der Waals surface area (Å²) in [7, 11) is 0.